The van der Waals surface area contributed by atoms with Gasteiger partial charge in [0.2, 0.25) is 0 Å². The van der Waals surface area contributed by atoms with E-state index in [1.54, 1.807) is 0 Å². The first-order valence-electron chi connectivity index (χ1n) is 9.07. The standard InChI is InChI=1S/C21H16F4N4O/c1-11(2)19-27-16-10-26-18(12-4-3-5-13(8-12)21(23,24)25)28-20(16)29(19)17-7-6-14(30)9-15(17)22/h3-11,30H,1-2H3. The van der Waals surface area contributed by atoms with Crippen molar-refractivity contribution in [1.82, 2.24) is 19.5 Å². The zero-order chi connectivity index (χ0) is 21.6. The Balaban J connectivity index is 1.95. The van der Waals surface area contributed by atoms with Crippen LogP contribution in [0.5, 0.6) is 5.75 Å². The van der Waals surface area contributed by atoms with Gasteiger partial charge in [-0.15, -0.1) is 0 Å². The molecule has 0 aliphatic carbocycles. The van der Waals surface area contributed by atoms with Crippen molar-refractivity contribution in [2.24, 2.45) is 0 Å². The lowest BCUT2D eigenvalue weighted by Crippen LogP contribution is -2.06. The quantitative estimate of drug-likeness (QED) is 0.450. The lowest BCUT2D eigenvalue weighted by molar-refractivity contribution is -0.137. The second kappa shape index (κ2) is 7.08. The van der Waals surface area contributed by atoms with Gasteiger partial charge in [-0.2, -0.15) is 13.2 Å². The van der Waals surface area contributed by atoms with Crippen molar-refractivity contribution >= 4 is 11.2 Å². The maximum Gasteiger partial charge on any atom is 0.416 e. The summed E-state index contributed by atoms with van der Waals surface area (Å²) in [6, 6.07) is 8.39. The van der Waals surface area contributed by atoms with Crippen LogP contribution in [0.2, 0.25) is 0 Å². The average molecular weight is 416 g/mol. The van der Waals surface area contributed by atoms with Gasteiger partial charge in [-0.1, -0.05) is 26.0 Å². The molecular formula is C21H16F4N4O. The fraction of sp³-hybridized carbons (Fsp3) is 0.190. The van der Waals surface area contributed by atoms with Gasteiger partial charge in [0.25, 0.3) is 0 Å². The molecule has 154 valence electrons. The minimum absolute atomic E-state index is 0.0595. The maximum atomic E-state index is 14.6. The number of hydrogen-bond donors (Lipinski definition) is 1. The van der Waals surface area contributed by atoms with E-state index in [4.69, 9.17) is 0 Å². The van der Waals surface area contributed by atoms with Crippen molar-refractivity contribution in [2.75, 3.05) is 0 Å². The van der Waals surface area contributed by atoms with Crippen LogP contribution in [-0.4, -0.2) is 24.6 Å². The molecular weight excluding hydrogens is 400 g/mol. The van der Waals surface area contributed by atoms with E-state index in [0.29, 0.717) is 11.3 Å². The summed E-state index contributed by atoms with van der Waals surface area (Å²) < 4.78 is 55.3. The topological polar surface area (TPSA) is 63.8 Å². The molecule has 0 fully saturated rings. The molecule has 0 aliphatic rings. The Bertz CT molecular complexity index is 1250. The number of phenolic OH excluding ortho intramolecular Hbond substituents is 1. The predicted molar refractivity (Wildman–Crippen MR) is 103 cm³/mol. The molecule has 0 atom stereocenters. The fourth-order valence-electron chi connectivity index (χ4n) is 3.17. The highest BCUT2D eigenvalue weighted by atomic mass is 19.4. The fourth-order valence-corrected chi connectivity index (χ4v) is 3.17. The number of nitrogens with zero attached hydrogens (tertiary/aromatic N) is 4. The summed E-state index contributed by atoms with van der Waals surface area (Å²) in [7, 11) is 0. The summed E-state index contributed by atoms with van der Waals surface area (Å²) in [5.74, 6) is -0.458. The van der Waals surface area contributed by atoms with E-state index in [-0.39, 0.29) is 34.4 Å². The van der Waals surface area contributed by atoms with Crippen LogP contribution in [0.4, 0.5) is 17.6 Å². The number of rotatable bonds is 3. The average Bonchev–Trinajstić information content (AvgIpc) is 3.06. The SMILES string of the molecule is CC(C)c1nc2cnc(-c3cccc(C(F)(F)F)c3)nc2n1-c1ccc(O)cc1F. The third kappa shape index (κ3) is 3.47. The van der Waals surface area contributed by atoms with Gasteiger partial charge >= 0.3 is 6.18 Å². The van der Waals surface area contributed by atoms with E-state index in [1.807, 2.05) is 13.8 Å². The Morgan fingerprint density at radius 3 is 2.47 bits per heavy atom. The highest BCUT2D eigenvalue weighted by molar-refractivity contribution is 5.76. The molecule has 0 spiro atoms. The van der Waals surface area contributed by atoms with Crippen molar-refractivity contribution in [3.63, 3.8) is 0 Å². The molecule has 4 rings (SSSR count). The molecule has 0 saturated carbocycles. The smallest absolute Gasteiger partial charge is 0.416 e. The number of aromatic nitrogens is 4. The molecule has 0 bridgehead atoms. The molecule has 5 nitrogen and oxygen atoms in total. The van der Waals surface area contributed by atoms with Crippen LogP contribution in [0.15, 0.2) is 48.7 Å². The number of aromatic hydroxyl groups is 1. The number of halogens is 4. The van der Waals surface area contributed by atoms with E-state index in [0.717, 1.165) is 18.2 Å². The van der Waals surface area contributed by atoms with Crippen LogP contribution in [0.1, 0.15) is 31.2 Å². The molecule has 0 aliphatic heterocycles. The monoisotopic (exact) mass is 416 g/mol. The predicted octanol–water partition coefficient (Wildman–Crippen LogP) is 5.47. The highest BCUT2D eigenvalue weighted by Gasteiger charge is 2.30. The molecule has 2 aromatic carbocycles. The van der Waals surface area contributed by atoms with Gasteiger partial charge in [0.05, 0.1) is 17.4 Å². The van der Waals surface area contributed by atoms with Crippen LogP contribution in [0, 0.1) is 5.82 Å². The molecule has 2 heterocycles. The number of benzene rings is 2. The van der Waals surface area contributed by atoms with Gasteiger partial charge in [0, 0.05) is 17.5 Å². The maximum absolute atomic E-state index is 14.6. The summed E-state index contributed by atoms with van der Waals surface area (Å²) in [4.78, 5) is 13.0. The first-order chi connectivity index (χ1) is 14.1. The van der Waals surface area contributed by atoms with Crippen LogP contribution in [-0.2, 0) is 6.18 Å². The Morgan fingerprint density at radius 2 is 1.80 bits per heavy atom. The van der Waals surface area contributed by atoms with Crippen molar-refractivity contribution in [3.8, 4) is 22.8 Å². The Labute approximate surface area is 168 Å². The van der Waals surface area contributed by atoms with E-state index in [2.05, 4.69) is 15.0 Å². The zero-order valence-corrected chi connectivity index (χ0v) is 15.9. The number of fused-ring (bicyclic) bond motifs is 1. The molecule has 0 saturated heterocycles. The lowest BCUT2D eigenvalue weighted by atomic mass is 10.1. The van der Waals surface area contributed by atoms with Crippen molar-refractivity contribution in [2.45, 2.75) is 25.9 Å². The minimum Gasteiger partial charge on any atom is -0.508 e. The molecule has 4 aromatic rings. The summed E-state index contributed by atoms with van der Waals surface area (Å²) in [5.41, 5.74) is 0.113. The van der Waals surface area contributed by atoms with Crippen LogP contribution >= 0.6 is 0 Å². The third-order valence-corrected chi connectivity index (χ3v) is 4.56. The Kier molecular flexibility index (Phi) is 4.68. The van der Waals surface area contributed by atoms with Gasteiger partial charge < -0.3 is 5.11 Å². The second-order valence-corrected chi connectivity index (χ2v) is 7.08. The van der Waals surface area contributed by atoms with E-state index >= 15 is 0 Å². The molecule has 9 heteroatoms. The van der Waals surface area contributed by atoms with Crippen LogP contribution in [0.25, 0.3) is 28.2 Å². The molecule has 1 N–H and O–H groups in total. The molecule has 30 heavy (non-hydrogen) atoms. The van der Waals surface area contributed by atoms with Gasteiger partial charge in [0.15, 0.2) is 17.3 Å². The number of phenols is 1. The van der Waals surface area contributed by atoms with Gasteiger partial charge in [-0.25, -0.2) is 19.3 Å². The Hall–Kier alpha value is -3.49. The van der Waals surface area contributed by atoms with E-state index < -0.39 is 17.6 Å². The van der Waals surface area contributed by atoms with E-state index in [1.165, 1.54) is 35.0 Å². The molecule has 0 amide bonds. The number of alkyl halides is 3. The normalized spacial score (nSPS) is 12.1. The first-order valence-corrected chi connectivity index (χ1v) is 9.07. The summed E-state index contributed by atoms with van der Waals surface area (Å²) in [6.07, 6.45) is -3.10. The Morgan fingerprint density at radius 1 is 1.03 bits per heavy atom. The highest BCUT2D eigenvalue weighted by Crippen LogP contribution is 2.32. The largest absolute Gasteiger partial charge is 0.508 e. The van der Waals surface area contributed by atoms with Crippen LogP contribution < -0.4 is 0 Å². The summed E-state index contributed by atoms with van der Waals surface area (Å²) in [6.45, 7) is 3.74. The minimum atomic E-state index is -4.50. The third-order valence-electron chi connectivity index (χ3n) is 4.56. The summed E-state index contributed by atoms with van der Waals surface area (Å²) >= 11 is 0. The van der Waals surface area contributed by atoms with E-state index in [9.17, 15) is 22.7 Å². The van der Waals surface area contributed by atoms with Gasteiger partial charge in [-0.3, -0.25) is 4.57 Å². The van der Waals surface area contributed by atoms with Crippen molar-refractivity contribution < 1.29 is 22.7 Å². The summed E-state index contributed by atoms with van der Waals surface area (Å²) in [5, 5.41) is 9.53. The zero-order valence-electron chi connectivity index (χ0n) is 15.9. The van der Waals surface area contributed by atoms with Crippen LogP contribution in [0.3, 0.4) is 0 Å². The van der Waals surface area contributed by atoms with Gasteiger partial charge in [0.1, 0.15) is 17.1 Å². The number of hydrogen-bond acceptors (Lipinski definition) is 4. The van der Waals surface area contributed by atoms with Crippen molar-refractivity contribution in [3.05, 3.63) is 65.9 Å². The molecule has 0 radical (unpaired) electrons. The first kappa shape index (κ1) is 19.8. The molecule has 0 unspecified atom stereocenters. The molecule has 2 aromatic heterocycles. The van der Waals surface area contributed by atoms with Gasteiger partial charge in [-0.05, 0) is 24.3 Å². The second-order valence-electron chi connectivity index (χ2n) is 7.08. The lowest BCUT2D eigenvalue weighted by Gasteiger charge is -2.12. The van der Waals surface area contributed by atoms with Crippen molar-refractivity contribution in [1.29, 1.82) is 0 Å². The number of imidazole rings is 1.